The maximum absolute atomic E-state index is 12.5. The number of benzene rings is 1. The summed E-state index contributed by atoms with van der Waals surface area (Å²) in [5.41, 5.74) is 8.18. The predicted molar refractivity (Wildman–Crippen MR) is 131 cm³/mol. The van der Waals surface area contributed by atoms with Gasteiger partial charge in [-0.05, 0) is 23.7 Å². The molecule has 0 radical (unpaired) electrons. The number of aliphatic hydroxyl groups is 4. The molecule has 0 saturated carbocycles. The van der Waals surface area contributed by atoms with Gasteiger partial charge >= 0.3 is 11.4 Å². The standard InChI is InChI=1S/C21H32N4O13S/c22-25-24-4-6-34-8-10-35-9-7-33-5-3-23-20(30)13-1-2-14(15(11-13)38-39(31)32)36-21-19(29)18(28)17(27)16(12-26)37-21/h1-2,11,16-19,21,26-29H,3-10,12H2,(H,23,30)(H,31,32)/t16-,17+,18+,19-,21-/m1/s1. The molecule has 1 saturated heterocycles. The Hall–Kier alpha value is -2.61. The minimum atomic E-state index is -2.80. The first kappa shape index (κ1) is 32.6. The lowest BCUT2D eigenvalue weighted by molar-refractivity contribution is -0.277. The zero-order valence-electron chi connectivity index (χ0n) is 20.7. The lowest BCUT2D eigenvalue weighted by Crippen LogP contribution is -2.60. The summed E-state index contributed by atoms with van der Waals surface area (Å²) >= 11 is -2.80. The number of azide groups is 1. The van der Waals surface area contributed by atoms with Crippen molar-refractivity contribution in [3.63, 3.8) is 0 Å². The third-order valence-corrected chi connectivity index (χ3v) is 5.46. The second kappa shape index (κ2) is 17.9. The minimum absolute atomic E-state index is 0.0420. The molecule has 1 unspecified atom stereocenters. The third kappa shape index (κ3) is 11.2. The largest absolute Gasteiger partial charge is 0.458 e. The number of nitrogens with zero attached hydrogens (tertiary/aromatic N) is 3. The summed E-state index contributed by atoms with van der Waals surface area (Å²) in [5, 5.41) is 45.2. The van der Waals surface area contributed by atoms with Gasteiger partial charge in [0.1, 0.15) is 24.4 Å². The van der Waals surface area contributed by atoms with E-state index < -0.39 is 54.6 Å². The number of hydrogen-bond donors (Lipinski definition) is 6. The van der Waals surface area contributed by atoms with Crippen LogP contribution in [-0.2, 0) is 30.3 Å². The molecule has 1 aromatic rings. The molecule has 2 rings (SSSR count). The number of hydrogen-bond acceptors (Lipinski definition) is 13. The average Bonchev–Trinajstić information content (AvgIpc) is 2.91. The van der Waals surface area contributed by atoms with Gasteiger partial charge in [-0.3, -0.25) is 9.35 Å². The lowest BCUT2D eigenvalue weighted by atomic mass is 9.99. The van der Waals surface area contributed by atoms with E-state index in [1.54, 1.807) is 0 Å². The summed E-state index contributed by atoms with van der Waals surface area (Å²) < 4.78 is 51.8. The van der Waals surface area contributed by atoms with E-state index in [4.69, 9.17) is 38.0 Å². The summed E-state index contributed by atoms with van der Waals surface area (Å²) in [7, 11) is 0. The van der Waals surface area contributed by atoms with Gasteiger partial charge in [-0.15, -0.1) is 0 Å². The predicted octanol–water partition coefficient (Wildman–Crippen LogP) is -1.53. The quantitative estimate of drug-likeness (QED) is 0.0379. The van der Waals surface area contributed by atoms with Crippen LogP contribution in [-0.4, -0.2) is 125 Å². The van der Waals surface area contributed by atoms with E-state index in [0.717, 1.165) is 6.07 Å². The van der Waals surface area contributed by atoms with Gasteiger partial charge in [0.15, 0.2) is 11.5 Å². The highest BCUT2D eigenvalue weighted by molar-refractivity contribution is 7.74. The second-order valence-corrected chi connectivity index (χ2v) is 8.43. The lowest BCUT2D eigenvalue weighted by Gasteiger charge is -2.39. The van der Waals surface area contributed by atoms with Crippen LogP contribution in [0.15, 0.2) is 23.3 Å². The summed E-state index contributed by atoms with van der Waals surface area (Å²) in [6, 6.07) is 3.64. The van der Waals surface area contributed by atoms with Gasteiger partial charge in [0.2, 0.25) is 6.29 Å². The molecule has 1 aliphatic rings. The maximum atomic E-state index is 12.5. The maximum Gasteiger partial charge on any atom is 0.357 e. The van der Waals surface area contributed by atoms with Crippen molar-refractivity contribution < 1.29 is 61.8 Å². The van der Waals surface area contributed by atoms with Gasteiger partial charge in [0.25, 0.3) is 5.91 Å². The molecule has 6 atom stereocenters. The zero-order valence-corrected chi connectivity index (χ0v) is 21.6. The van der Waals surface area contributed by atoms with Gasteiger partial charge in [-0.2, -0.15) is 4.21 Å². The molecule has 39 heavy (non-hydrogen) atoms. The third-order valence-electron chi connectivity index (χ3n) is 5.13. The summed E-state index contributed by atoms with van der Waals surface area (Å²) in [6.45, 7) is 1.48. The van der Waals surface area contributed by atoms with Crippen LogP contribution in [0, 0.1) is 0 Å². The first-order valence-electron chi connectivity index (χ1n) is 11.7. The highest BCUT2D eigenvalue weighted by Crippen LogP contribution is 2.32. The molecule has 220 valence electrons. The number of nitrogens with one attached hydrogen (secondary N) is 1. The highest BCUT2D eigenvalue weighted by atomic mass is 32.2. The Labute approximate surface area is 225 Å². The van der Waals surface area contributed by atoms with E-state index in [1.165, 1.54) is 12.1 Å². The SMILES string of the molecule is [N-]=[N+]=NCCOCCOCCOCCNC(=O)c1ccc(O[C@@H]2O[C@H](CO)[C@H](O)[C@H](O)[C@H]2O)c(OS(=O)O)c1. The molecule has 0 spiro atoms. The van der Waals surface area contributed by atoms with E-state index in [1.807, 2.05) is 0 Å². The van der Waals surface area contributed by atoms with Crippen molar-refractivity contribution in [2.75, 3.05) is 59.3 Å². The molecular weight excluding hydrogens is 548 g/mol. The number of rotatable bonds is 18. The first-order valence-corrected chi connectivity index (χ1v) is 12.7. The molecular formula is C21H32N4O13S. The van der Waals surface area contributed by atoms with Crippen molar-refractivity contribution in [3.05, 3.63) is 34.2 Å². The van der Waals surface area contributed by atoms with Gasteiger partial charge in [-0.25, -0.2) is 0 Å². The first-order chi connectivity index (χ1) is 18.8. The molecule has 1 fully saturated rings. The van der Waals surface area contributed by atoms with E-state index >= 15 is 0 Å². The summed E-state index contributed by atoms with van der Waals surface area (Å²) in [6.07, 6.45) is -7.85. The Kier molecular flexibility index (Phi) is 14.9. The Morgan fingerprint density at radius 2 is 1.69 bits per heavy atom. The van der Waals surface area contributed by atoms with Crippen molar-refractivity contribution in [1.82, 2.24) is 5.32 Å². The molecule has 6 N–H and O–H groups in total. The van der Waals surface area contributed by atoms with Crippen molar-refractivity contribution in [2.45, 2.75) is 30.7 Å². The monoisotopic (exact) mass is 580 g/mol. The average molecular weight is 581 g/mol. The number of carbonyl (C=O) groups is 1. The van der Waals surface area contributed by atoms with Gasteiger partial charge in [0, 0.05) is 23.6 Å². The zero-order chi connectivity index (χ0) is 28.6. The Balaban J connectivity index is 1.80. The topological polar surface area (TPSA) is 251 Å². The fraction of sp³-hybridized carbons (Fsp3) is 0.667. The minimum Gasteiger partial charge on any atom is -0.458 e. The fourth-order valence-corrected chi connectivity index (χ4v) is 3.49. The summed E-state index contributed by atoms with van der Waals surface area (Å²) in [5.74, 6) is -1.13. The molecule has 18 heteroatoms. The van der Waals surface area contributed by atoms with Crippen LogP contribution in [0.1, 0.15) is 10.4 Å². The Bertz CT molecular complexity index is 966. The van der Waals surface area contributed by atoms with E-state index in [-0.39, 0.29) is 43.4 Å². The van der Waals surface area contributed by atoms with Crippen molar-refractivity contribution >= 4 is 17.3 Å². The van der Waals surface area contributed by atoms with Crippen LogP contribution in [0.5, 0.6) is 11.5 Å². The van der Waals surface area contributed by atoms with E-state index in [2.05, 4.69) is 15.3 Å². The molecule has 0 aliphatic carbocycles. The van der Waals surface area contributed by atoms with Crippen LogP contribution < -0.4 is 14.2 Å². The number of carbonyl (C=O) groups excluding carboxylic acids is 1. The van der Waals surface area contributed by atoms with Crippen LogP contribution in [0.4, 0.5) is 0 Å². The molecule has 1 amide bonds. The van der Waals surface area contributed by atoms with Crippen LogP contribution in [0.3, 0.4) is 0 Å². The van der Waals surface area contributed by atoms with Gasteiger partial charge < -0.3 is 53.6 Å². The van der Waals surface area contributed by atoms with Crippen molar-refractivity contribution in [1.29, 1.82) is 0 Å². The van der Waals surface area contributed by atoms with Gasteiger partial charge in [0.05, 0.1) is 46.2 Å². The van der Waals surface area contributed by atoms with Crippen molar-refractivity contribution in [2.24, 2.45) is 5.11 Å². The van der Waals surface area contributed by atoms with Crippen LogP contribution >= 0.6 is 0 Å². The van der Waals surface area contributed by atoms with Crippen LogP contribution in [0.2, 0.25) is 0 Å². The van der Waals surface area contributed by atoms with Crippen LogP contribution in [0.25, 0.3) is 10.4 Å². The van der Waals surface area contributed by atoms with E-state index in [9.17, 15) is 29.4 Å². The number of aliphatic hydroxyl groups excluding tert-OH is 4. The molecule has 1 aromatic carbocycles. The highest BCUT2D eigenvalue weighted by Gasteiger charge is 2.45. The van der Waals surface area contributed by atoms with Crippen molar-refractivity contribution in [3.8, 4) is 11.5 Å². The molecule has 0 bridgehead atoms. The second-order valence-electron chi connectivity index (χ2n) is 7.82. The fourth-order valence-electron chi connectivity index (χ4n) is 3.21. The smallest absolute Gasteiger partial charge is 0.357 e. The molecule has 0 aromatic heterocycles. The Morgan fingerprint density at radius 3 is 2.33 bits per heavy atom. The summed E-state index contributed by atoms with van der Waals surface area (Å²) in [4.78, 5) is 15.1. The molecule has 1 aliphatic heterocycles. The molecule has 1 heterocycles. The number of ether oxygens (including phenoxy) is 5. The molecule has 17 nitrogen and oxygen atoms in total. The van der Waals surface area contributed by atoms with E-state index in [0.29, 0.717) is 26.4 Å². The number of amides is 1. The normalized spacial score (nSPS) is 23.5. The Morgan fingerprint density at radius 1 is 1.03 bits per heavy atom. The van der Waals surface area contributed by atoms with Gasteiger partial charge in [-0.1, -0.05) is 5.11 Å².